The third kappa shape index (κ3) is 4.48. The third-order valence-corrected chi connectivity index (χ3v) is 2.62. The molecular weight excluding hydrogens is 280 g/mol. The second-order valence-electron chi connectivity index (χ2n) is 4.37. The van der Waals surface area contributed by atoms with Crippen LogP contribution in [0.5, 0.6) is 0 Å². The monoisotopic (exact) mass is 298 g/mol. The van der Waals surface area contributed by atoms with Crippen molar-refractivity contribution in [3.63, 3.8) is 0 Å². The van der Waals surface area contributed by atoms with Crippen molar-refractivity contribution in [1.82, 2.24) is 10.1 Å². The summed E-state index contributed by atoms with van der Waals surface area (Å²) < 4.78 is 4.98. The number of halogens is 1. The van der Waals surface area contributed by atoms with Gasteiger partial charge < -0.3 is 20.3 Å². The lowest BCUT2D eigenvalue weighted by Crippen LogP contribution is -2.30. The van der Waals surface area contributed by atoms with E-state index in [1.807, 2.05) is 35.2 Å². The number of hydrogen-bond donors (Lipinski definition) is 2. The molecule has 0 bridgehead atoms. The number of para-hydroxylation sites is 1. The molecule has 3 N–H and O–H groups in total. The van der Waals surface area contributed by atoms with Crippen LogP contribution in [-0.2, 0) is 13.1 Å². The van der Waals surface area contributed by atoms with E-state index in [1.165, 1.54) is 0 Å². The Balaban J connectivity index is 0.00000200. The van der Waals surface area contributed by atoms with Crippen LogP contribution in [0.1, 0.15) is 18.6 Å². The zero-order chi connectivity index (χ0) is 13.7. The van der Waals surface area contributed by atoms with Crippen molar-refractivity contribution in [3.05, 3.63) is 42.0 Å². The summed E-state index contributed by atoms with van der Waals surface area (Å²) >= 11 is 0. The summed E-state index contributed by atoms with van der Waals surface area (Å²) in [6.07, 6.45) is -0.443. The van der Waals surface area contributed by atoms with Gasteiger partial charge >= 0.3 is 0 Å². The molecule has 0 fully saturated rings. The standard InChI is InChI=1S/C13H18N4O2.ClH/c1-10(18)8-17(11-5-3-2-4-6-11)9-12-15-13(7-14)19-16-12;/h2-6,10,18H,7-9,14H2,1H3;1H. The second-order valence-corrected chi connectivity index (χ2v) is 4.37. The lowest BCUT2D eigenvalue weighted by Gasteiger charge is -2.24. The van der Waals surface area contributed by atoms with Crippen LogP contribution in [-0.4, -0.2) is 27.9 Å². The van der Waals surface area contributed by atoms with Gasteiger partial charge in [0.1, 0.15) is 0 Å². The number of aliphatic hydroxyl groups is 1. The smallest absolute Gasteiger partial charge is 0.240 e. The molecule has 7 heteroatoms. The van der Waals surface area contributed by atoms with E-state index in [0.717, 1.165) is 5.69 Å². The number of benzene rings is 1. The topological polar surface area (TPSA) is 88.4 Å². The minimum Gasteiger partial charge on any atom is -0.392 e. The summed E-state index contributed by atoms with van der Waals surface area (Å²) in [5.74, 6) is 0.977. The van der Waals surface area contributed by atoms with Gasteiger partial charge in [0.2, 0.25) is 5.89 Å². The molecule has 0 saturated heterocycles. The predicted octanol–water partition coefficient (Wildman–Crippen LogP) is 1.34. The molecule has 0 saturated carbocycles. The Morgan fingerprint density at radius 3 is 2.60 bits per heavy atom. The van der Waals surface area contributed by atoms with Gasteiger partial charge in [-0.05, 0) is 19.1 Å². The average molecular weight is 299 g/mol. The SMILES string of the molecule is CC(O)CN(Cc1noc(CN)n1)c1ccccc1.Cl. The van der Waals surface area contributed by atoms with Crippen LogP contribution >= 0.6 is 12.4 Å². The first-order valence-electron chi connectivity index (χ1n) is 6.18. The first kappa shape index (κ1) is 16.4. The van der Waals surface area contributed by atoms with Crippen LogP contribution < -0.4 is 10.6 Å². The number of anilines is 1. The lowest BCUT2D eigenvalue weighted by atomic mass is 10.2. The maximum Gasteiger partial charge on any atom is 0.240 e. The average Bonchev–Trinajstić information content (AvgIpc) is 2.86. The normalized spacial score (nSPS) is 11.8. The van der Waals surface area contributed by atoms with E-state index in [2.05, 4.69) is 10.1 Å². The predicted molar refractivity (Wildman–Crippen MR) is 78.6 cm³/mol. The lowest BCUT2D eigenvalue weighted by molar-refractivity contribution is 0.199. The molecule has 0 spiro atoms. The van der Waals surface area contributed by atoms with Gasteiger partial charge in [-0.2, -0.15) is 4.98 Å². The number of aromatic nitrogens is 2. The Labute approximate surface area is 124 Å². The Morgan fingerprint density at radius 1 is 1.35 bits per heavy atom. The van der Waals surface area contributed by atoms with Gasteiger partial charge in [-0.3, -0.25) is 0 Å². The quantitative estimate of drug-likeness (QED) is 0.836. The van der Waals surface area contributed by atoms with E-state index in [0.29, 0.717) is 24.8 Å². The highest BCUT2D eigenvalue weighted by molar-refractivity contribution is 5.85. The van der Waals surface area contributed by atoms with Gasteiger partial charge in [-0.25, -0.2) is 0 Å². The summed E-state index contributed by atoms with van der Waals surface area (Å²) in [7, 11) is 0. The Morgan fingerprint density at radius 2 is 2.05 bits per heavy atom. The maximum atomic E-state index is 9.59. The Hall–Kier alpha value is -1.63. The summed E-state index contributed by atoms with van der Waals surface area (Å²) in [5.41, 5.74) is 6.44. The molecule has 110 valence electrons. The van der Waals surface area contributed by atoms with Gasteiger partial charge in [0.15, 0.2) is 5.82 Å². The molecular formula is C13H19ClN4O2. The van der Waals surface area contributed by atoms with Crippen molar-refractivity contribution in [2.45, 2.75) is 26.1 Å². The number of nitrogens with two attached hydrogens (primary N) is 1. The van der Waals surface area contributed by atoms with Crippen molar-refractivity contribution in [2.24, 2.45) is 5.73 Å². The highest BCUT2D eigenvalue weighted by Crippen LogP contribution is 2.16. The second kappa shape index (κ2) is 7.84. The summed E-state index contributed by atoms with van der Waals surface area (Å²) in [5, 5.41) is 13.5. The van der Waals surface area contributed by atoms with Crippen LogP contribution in [0.25, 0.3) is 0 Å². The Bertz CT molecular complexity index is 504. The highest BCUT2D eigenvalue weighted by atomic mass is 35.5. The Kier molecular flexibility index (Phi) is 6.44. The molecule has 2 aromatic rings. The fraction of sp³-hybridized carbons (Fsp3) is 0.385. The van der Waals surface area contributed by atoms with Crippen molar-refractivity contribution < 1.29 is 9.63 Å². The highest BCUT2D eigenvalue weighted by Gasteiger charge is 2.13. The van der Waals surface area contributed by atoms with Crippen molar-refractivity contribution in [1.29, 1.82) is 0 Å². The molecule has 2 rings (SSSR count). The molecule has 1 unspecified atom stereocenters. The van der Waals surface area contributed by atoms with Gasteiger partial charge in [-0.1, -0.05) is 23.4 Å². The fourth-order valence-corrected chi connectivity index (χ4v) is 1.83. The molecule has 0 amide bonds. The molecule has 1 aromatic heterocycles. The first-order valence-corrected chi connectivity index (χ1v) is 6.18. The molecule has 0 radical (unpaired) electrons. The maximum absolute atomic E-state index is 9.59. The van der Waals surface area contributed by atoms with Crippen molar-refractivity contribution in [3.8, 4) is 0 Å². The minimum absolute atomic E-state index is 0. The fourth-order valence-electron chi connectivity index (χ4n) is 1.83. The van der Waals surface area contributed by atoms with Gasteiger partial charge in [-0.15, -0.1) is 12.4 Å². The van der Waals surface area contributed by atoms with Crippen LogP contribution in [0, 0.1) is 0 Å². The number of hydrogen-bond acceptors (Lipinski definition) is 6. The van der Waals surface area contributed by atoms with E-state index >= 15 is 0 Å². The van der Waals surface area contributed by atoms with E-state index < -0.39 is 6.10 Å². The van der Waals surface area contributed by atoms with Crippen LogP contribution in [0.15, 0.2) is 34.9 Å². The van der Waals surface area contributed by atoms with E-state index in [9.17, 15) is 5.11 Å². The summed E-state index contributed by atoms with van der Waals surface area (Å²) in [6, 6.07) is 9.81. The van der Waals surface area contributed by atoms with Crippen LogP contribution in [0.4, 0.5) is 5.69 Å². The molecule has 0 aliphatic carbocycles. The first-order chi connectivity index (χ1) is 9.19. The van der Waals surface area contributed by atoms with E-state index in [1.54, 1.807) is 6.92 Å². The molecule has 1 atom stereocenters. The van der Waals surface area contributed by atoms with Crippen LogP contribution in [0.2, 0.25) is 0 Å². The number of aliphatic hydroxyl groups excluding tert-OH is 1. The molecule has 1 heterocycles. The molecule has 1 aromatic carbocycles. The zero-order valence-electron chi connectivity index (χ0n) is 11.3. The molecule has 6 nitrogen and oxygen atoms in total. The van der Waals surface area contributed by atoms with E-state index in [-0.39, 0.29) is 19.0 Å². The minimum atomic E-state index is -0.443. The number of nitrogens with zero attached hydrogens (tertiary/aromatic N) is 3. The third-order valence-electron chi connectivity index (χ3n) is 2.62. The molecule has 0 aliphatic heterocycles. The van der Waals surface area contributed by atoms with Gasteiger partial charge in [0.25, 0.3) is 0 Å². The van der Waals surface area contributed by atoms with Crippen LogP contribution in [0.3, 0.4) is 0 Å². The van der Waals surface area contributed by atoms with E-state index in [4.69, 9.17) is 10.3 Å². The van der Waals surface area contributed by atoms with Gasteiger partial charge in [0.05, 0.1) is 19.2 Å². The largest absolute Gasteiger partial charge is 0.392 e. The summed E-state index contributed by atoms with van der Waals surface area (Å²) in [6.45, 7) is 2.95. The van der Waals surface area contributed by atoms with Gasteiger partial charge in [0, 0.05) is 12.2 Å². The van der Waals surface area contributed by atoms with Crippen molar-refractivity contribution >= 4 is 18.1 Å². The number of rotatable bonds is 6. The molecule has 20 heavy (non-hydrogen) atoms. The summed E-state index contributed by atoms with van der Waals surface area (Å²) in [4.78, 5) is 6.17. The molecule has 0 aliphatic rings. The zero-order valence-corrected chi connectivity index (χ0v) is 12.1. The van der Waals surface area contributed by atoms with Crippen molar-refractivity contribution in [2.75, 3.05) is 11.4 Å².